The van der Waals surface area contributed by atoms with E-state index in [1.807, 2.05) is 121 Å². The van der Waals surface area contributed by atoms with Gasteiger partial charge in [-0.25, -0.2) is 19.9 Å². The number of benzene rings is 8. The van der Waals surface area contributed by atoms with Crippen LogP contribution in [-0.2, 0) is 74.2 Å². The molecule has 0 spiro atoms. The average Bonchev–Trinajstić information content (AvgIpc) is 1.73. The van der Waals surface area contributed by atoms with Gasteiger partial charge in [0.2, 0.25) is 0 Å². The normalized spacial score (nSPS) is 9.84. The topological polar surface area (TPSA) is 390 Å². The van der Waals surface area contributed by atoms with Gasteiger partial charge in [0.1, 0.15) is 46.3 Å². The number of allylic oxidation sites excluding steroid dienone is 4. The van der Waals surface area contributed by atoms with Crippen LogP contribution in [0.2, 0.25) is 0 Å². The molecule has 12 aromatic rings. The second kappa shape index (κ2) is 41.1. The zero-order valence-corrected chi connectivity index (χ0v) is 64.2. The summed E-state index contributed by atoms with van der Waals surface area (Å²) >= 11 is 0. The maximum absolute atomic E-state index is 12.4. The number of H-pyrrole nitrogens is 4. The molecule has 0 atom stereocenters. The van der Waals surface area contributed by atoms with Gasteiger partial charge in [0.25, 0.3) is 0 Å². The molecular weight excluding hydrogens is 1510 g/mol. The van der Waals surface area contributed by atoms with E-state index in [2.05, 4.69) is 66.2 Å². The fraction of sp³-hybridized carbons (Fsp3) is 0.139. The maximum atomic E-state index is 12.4. The van der Waals surface area contributed by atoms with Crippen molar-refractivity contribution in [2.45, 2.75) is 39.5 Å². The van der Waals surface area contributed by atoms with Crippen LogP contribution in [0.15, 0.2) is 196 Å². The number of methoxy groups -OCH3 is 4. The average molecular weight is 1570 g/mol. The van der Waals surface area contributed by atoms with Gasteiger partial charge < -0.3 is 94.4 Å². The van der Waals surface area contributed by atoms with Crippen LogP contribution < -0.4 is 49.6 Å². The molecule has 12 rings (SSSR count). The number of carbonyl (C=O) groups is 2. The smallest absolute Gasteiger partial charge is 0.869 e. The van der Waals surface area contributed by atoms with E-state index in [0.29, 0.717) is 94.2 Å². The van der Waals surface area contributed by atoms with E-state index in [1.54, 1.807) is 48.6 Å². The predicted octanol–water partition coefficient (Wildman–Crippen LogP) is 9.43. The van der Waals surface area contributed by atoms with Gasteiger partial charge >= 0.3 is 79.8 Å². The summed E-state index contributed by atoms with van der Waals surface area (Å²) in [7, 11) is 5.99. The van der Waals surface area contributed by atoms with Crippen molar-refractivity contribution in [2.75, 3.05) is 28.4 Å². The maximum Gasteiger partial charge on any atom is 3.00 e. The fourth-order valence-electron chi connectivity index (χ4n) is 9.41. The molecule has 0 amide bonds. The van der Waals surface area contributed by atoms with Gasteiger partial charge in [-0.15, -0.1) is 26.3 Å². The summed E-state index contributed by atoms with van der Waals surface area (Å²) < 4.78 is 20.7. The first-order valence-electron chi connectivity index (χ1n) is 29.0. The number of carbonyl (C=O) groups excluding carboxylic acids is 2. The van der Waals surface area contributed by atoms with E-state index < -0.39 is 17.0 Å². The molecule has 4 heterocycles. The molecule has 0 saturated heterocycles. The van der Waals surface area contributed by atoms with Gasteiger partial charge in [-0.2, -0.15) is 0 Å². The van der Waals surface area contributed by atoms with E-state index in [1.165, 1.54) is 28.4 Å². The van der Waals surface area contributed by atoms with Crippen LogP contribution in [0.1, 0.15) is 36.1 Å². The SMILES string of the molecule is C=CCc1cc(OC)c([O-])c(-c2nc3ccccc3[nH]2)c1.C=CCc1cc(OC)c([O-])c(-c2nc3ccccc3[nH]2)c1.C=CCc1cc(OC)c([O-])c(-c2nc3ccccc3[nH]2)c1.C=CCc1cc(OC)c([O-])c(-c2nc3ccccc3[nH]2)c1.CC(=O)[O-].CC(=O)[O-].O=[N+]([O-])[O-].[Nd+3].[Zn+2].[Zn+2]. The number of hydrogen-bond donors (Lipinski definition) is 4. The minimum atomic E-state index is -1.75. The van der Waals surface area contributed by atoms with Crippen LogP contribution in [0.4, 0.5) is 0 Å². The van der Waals surface area contributed by atoms with E-state index in [9.17, 15) is 20.4 Å². The molecule has 8 aromatic carbocycles. The summed E-state index contributed by atoms with van der Waals surface area (Å²) in [6.07, 6.45) is 9.86. The van der Waals surface area contributed by atoms with Crippen molar-refractivity contribution in [3.8, 4) is 91.5 Å². The summed E-state index contributed by atoms with van der Waals surface area (Å²) in [4.78, 5) is 56.7. The van der Waals surface area contributed by atoms with E-state index in [4.69, 9.17) is 54.1 Å². The number of nitrogens with zero attached hydrogens (tertiary/aromatic N) is 5. The van der Waals surface area contributed by atoms with Crippen LogP contribution in [-0.4, -0.2) is 85.3 Å². The van der Waals surface area contributed by atoms with E-state index in [-0.39, 0.29) is 103 Å². The second-order valence-corrected chi connectivity index (χ2v) is 20.3. The molecule has 0 saturated carbocycles. The molecule has 0 fully saturated rings. The molecule has 27 heteroatoms. The zero-order valence-electron chi connectivity index (χ0n) is 55.1. The number of carboxylic acids is 2. The molecule has 497 valence electrons. The van der Waals surface area contributed by atoms with Gasteiger partial charge in [-0.05, 0) is 159 Å². The van der Waals surface area contributed by atoms with Crippen LogP contribution in [0.3, 0.4) is 0 Å². The molecule has 4 aromatic heterocycles. The Morgan fingerprint density at radius 1 is 0.404 bits per heavy atom. The zero-order chi connectivity index (χ0) is 70.0. The summed E-state index contributed by atoms with van der Waals surface area (Å²) in [5.74, 6) is 0.721. The van der Waals surface area contributed by atoms with Gasteiger partial charge in [-0.3, -0.25) is 0 Å². The summed E-state index contributed by atoms with van der Waals surface area (Å²) in [5, 5.41) is 82.2. The minimum Gasteiger partial charge on any atom is -0.869 e. The Kier molecular flexibility index (Phi) is 34.4. The van der Waals surface area contributed by atoms with Crippen molar-refractivity contribution in [2.24, 2.45) is 0 Å². The number of aliphatic carboxylic acids is 2. The van der Waals surface area contributed by atoms with Crippen molar-refractivity contribution in [3.05, 3.63) is 234 Å². The largest absolute Gasteiger partial charge is 3.00 e. The third-order valence-corrected chi connectivity index (χ3v) is 13.4. The molecule has 99 heavy (non-hydrogen) atoms. The molecular formula is C72H66N9NdO15Zn2. The van der Waals surface area contributed by atoms with E-state index >= 15 is 0 Å². The Labute approximate surface area is 628 Å². The number of aromatic nitrogens is 8. The number of ether oxygens (including phenoxy) is 4. The second-order valence-electron chi connectivity index (χ2n) is 20.3. The predicted molar refractivity (Wildman–Crippen MR) is 357 cm³/mol. The van der Waals surface area contributed by atoms with Gasteiger partial charge in [0.05, 0.1) is 77.7 Å². The Balaban J connectivity index is 0.000000322. The summed E-state index contributed by atoms with van der Waals surface area (Å²) in [6, 6.07) is 45.1. The van der Waals surface area contributed by atoms with Gasteiger partial charge in [-0.1, -0.05) is 95.8 Å². The molecule has 0 aliphatic rings. The molecule has 0 aliphatic heterocycles. The number of aromatic amines is 4. The van der Waals surface area contributed by atoms with Crippen molar-refractivity contribution >= 4 is 56.1 Å². The molecule has 1 radical (unpaired) electrons. The number of imidazole rings is 4. The Morgan fingerprint density at radius 2 is 0.576 bits per heavy atom. The fourth-order valence-corrected chi connectivity index (χ4v) is 9.41. The number of hydrogen-bond acceptors (Lipinski definition) is 19. The molecule has 0 bridgehead atoms. The van der Waals surface area contributed by atoms with Crippen LogP contribution >= 0.6 is 0 Å². The monoisotopic (exact) mass is 1570 g/mol. The standard InChI is InChI=1S/4C17H16N2O2.2C2H4O2.NO3.Nd.2Zn/c4*1-3-6-11-9-12(16(20)15(10-11)21-2)17-18-13-7-4-5-8-14(13)19-17;2*1-2(3)4;2-1(3)4;;;/h4*3-5,7-10,20H,1,6H2,2H3,(H,18,19);2*1H3,(H,3,4);;;;/q;;;;;;-1;+3;2*+2/p-6. The number of nitrogens with one attached hydrogen (secondary N) is 4. The van der Waals surface area contributed by atoms with Crippen LogP contribution in [0.25, 0.3) is 89.7 Å². The number of rotatable bonds is 16. The molecule has 4 N–H and O–H groups in total. The first-order valence-corrected chi connectivity index (χ1v) is 29.0. The third-order valence-electron chi connectivity index (χ3n) is 13.4. The Morgan fingerprint density at radius 3 is 0.727 bits per heavy atom. The number of carboxylic acid groups (broad SMARTS) is 2. The first kappa shape index (κ1) is 83.0. The van der Waals surface area contributed by atoms with Crippen LogP contribution in [0.5, 0.6) is 46.0 Å². The van der Waals surface area contributed by atoms with Crippen molar-refractivity contribution in [1.29, 1.82) is 0 Å². The van der Waals surface area contributed by atoms with Crippen molar-refractivity contribution in [3.63, 3.8) is 0 Å². The minimum absolute atomic E-state index is 0. The molecule has 0 unspecified atom stereocenters. The first-order chi connectivity index (χ1) is 46.1. The van der Waals surface area contributed by atoms with E-state index in [0.717, 1.165) is 80.2 Å². The quantitative estimate of drug-likeness (QED) is 0.0302. The Hall–Kier alpha value is -10.3. The molecule has 0 aliphatic carbocycles. The summed E-state index contributed by atoms with van der Waals surface area (Å²) in [5.41, 5.74) is 12.9. The van der Waals surface area contributed by atoms with Crippen LogP contribution in [0, 0.1) is 56.2 Å². The third kappa shape index (κ3) is 23.5. The number of fused-ring (bicyclic) bond motifs is 4. The van der Waals surface area contributed by atoms with Crippen molar-refractivity contribution in [1.82, 2.24) is 39.9 Å². The van der Waals surface area contributed by atoms with Gasteiger partial charge in [0.15, 0.2) is 0 Å². The number of para-hydroxylation sites is 8. The summed E-state index contributed by atoms with van der Waals surface area (Å²) in [6.45, 7) is 16.9. The van der Waals surface area contributed by atoms with Crippen molar-refractivity contribution < 1.29 is 144 Å². The van der Waals surface area contributed by atoms with Gasteiger partial charge in [0, 0.05) is 34.2 Å². The molecule has 24 nitrogen and oxygen atoms in total. The Bertz CT molecular complexity index is 3980.